The maximum Gasteiger partial charge on any atom is 0.279 e. The van der Waals surface area contributed by atoms with Crippen LogP contribution in [0.15, 0.2) is 18.3 Å². The average Bonchev–Trinajstić information content (AvgIpc) is 2.46. The number of rotatable bonds is 5. The topological polar surface area (TPSA) is 83.6 Å². The van der Waals surface area contributed by atoms with E-state index in [1.54, 1.807) is 18.3 Å². The summed E-state index contributed by atoms with van der Waals surface area (Å²) in [5.41, 5.74) is 0.811. The van der Waals surface area contributed by atoms with Crippen molar-refractivity contribution in [3.05, 3.63) is 23.9 Å². The summed E-state index contributed by atoms with van der Waals surface area (Å²) in [7, 11) is -1.89. The van der Waals surface area contributed by atoms with Crippen molar-refractivity contribution in [2.75, 3.05) is 33.3 Å². The van der Waals surface area contributed by atoms with Gasteiger partial charge in [0, 0.05) is 45.0 Å². The van der Waals surface area contributed by atoms with Crippen LogP contribution in [0.25, 0.3) is 0 Å². The molecule has 0 unspecified atom stereocenters. The Kier molecular flexibility index (Phi) is 4.70. The summed E-state index contributed by atoms with van der Waals surface area (Å²) in [6, 6.07) is 3.46. The van der Waals surface area contributed by atoms with Crippen LogP contribution in [-0.2, 0) is 16.8 Å². The Labute approximate surface area is 113 Å². The Morgan fingerprint density at radius 2 is 2.21 bits per heavy atom. The van der Waals surface area contributed by atoms with Crippen molar-refractivity contribution in [3.63, 3.8) is 0 Å². The molecule has 2 N–H and O–H groups in total. The minimum atomic E-state index is -3.42. The fourth-order valence-corrected chi connectivity index (χ4v) is 3.02. The molecule has 1 aromatic heterocycles. The van der Waals surface area contributed by atoms with Crippen LogP contribution in [0.1, 0.15) is 5.56 Å². The molecule has 7 nitrogen and oxygen atoms in total. The van der Waals surface area contributed by atoms with Crippen molar-refractivity contribution in [1.82, 2.24) is 19.3 Å². The molecule has 0 amide bonds. The lowest BCUT2D eigenvalue weighted by atomic mass is 10.3. The van der Waals surface area contributed by atoms with Gasteiger partial charge in [0.1, 0.15) is 0 Å². The van der Waals surface area contributed by atoms with Crippen LogP contribution in [-0.4, -0.2) is 51.0 Å². The van der Waals surface area contributed by atoms with Gasteiger partial charge >= 0.3 is 0 Å². The summed E-state index contributed by atoms with van der Waals surface area (Å²) < 4.78 is 33.1. The lowest BCUT2D eigenvalue weighted by molar-refractivity contribution is 0.354. The van der Waals surface area contributed by atoms with Gasteiger partial charge in [-0.25, -0.2) is 4.98 Å². The van der Waals surface area contributed by atoms with Gasteiger partial charge in [-0.3, -0.25) is 0 Å². The van der Waals surface area contributed by atoms with Gasteiger partial charge < -0.3 is 10.1 Å². The molecule has 1 aliphatic rings. The van der Waals surface area contributed by atoms with Crippen LogP contribution >= 0.6 is 0 Å². The lowest BCUT2D eigenvalue weighted by Gasteiger charge is -2.26. The Morgan fingerprint density at radius 1 is 1.47 bits per heavy atom. The molecule has 0 aromatic carbocycles. The molecular formula is C11H18N4O3S. The van der Waals surface area contributed by atoms with Gasteiger partial charge in [-0.15, -0.1) is 0 Å². The second-order valence-electron chi connectivity index (χ2n) is 4.18. The smallest absolute Gasteiger partial charge is 0.279 e. The molecule has 0 spiro atoms. The Morgan fingerprint density at radius 3 is 2.89 bits per heavy atom. The largest absolute Gasteiger partial charge is 0.481 e. The first-order chi connectivity index (χ1) is 9.12. The fourth-order valence-electron chi connectivity index (χ4n) is 1.82. The summed E-state index contributed by atoms with van der Waals surface area (Å²) >= 11 is 0. The predicted octanol–water partition coefficient (Wildman–Crippen LogP) is -0.670. The van der Waals surface area contributed by atoms with E-state index in [2.05, 4.69) is 15.0 Å². The van der Waals surface area contributed by atoms with Crippen molar-refractivity contribution in [2.24, 2.45) is 0 Å². The quantitative estimate of drug-likeness (QED) is 0.750. The summed E-state index contributed by atoms with van der Waals surface area (Å²) in [6.45, 7) is 2.59. The average molecular weight is 286 g/mol. The van der Waals surface area contributed by atoms with Crippen molar-refractivity contribution in [2.45, 2.75) is 6.54 Å². The number of hydrogen-bond acceptors (Lipinski definition) is 5. The highest BCUT2D eigenvalue weighted by molar-refractivity contribution is 7.87. The highest BCUT2D eigenvalue weighted by atomic mass is 32.2. The standard InChI is InChI=1S/C11H18N4O3S/c1-18-11-8-10(2-3-13-11)9-14-19(16,17)15-6-4-12-5-7-15/h2-3,8,12,14H,4-7,9H2,1H3. The van der Waals surface area contributed by atoms with Crippen LogP contribution in [0.3, 0.4) is 0 Å². The van der Waals surface area contributed by atoms with Gasteiger partial charge in [0.15, 0.2) is 0 Å². The van der Waals surface area contributed by atoms with Gasteiger partial charge in [0.05, 0.1) is 7.11 Å². The molecule has 0 atom stereocenters. The number of pyridine rings is 1. The van der Waals surface area contributed by atoms with Crippen LogP contribution < -0.4 is 14.8 Å². The molecule has 2 rings (SSSR count). The third-order valence-electron chi connectivity index (χ3n) is 2.88. The number of piperazine rings is 1. The molecule has 0 bridgehead atoms. The van der Waals surface area contributed by atoms with Crippen LogP contribution in [0.4, 0.5) is 0 Å². The number of nitrogens with zero attached hydrogens (tertiary/aromatic N) is 2. The predicted molar refractivity (Wildman–Crippen MR) is 71.0 cm³/mol. The van der Waals surface area contributed by atoms with Crippen molar-refractivity contribution < 1.29 is 13.2 Å². The first kappa shape index (κ1) is 14.2. The lowest BCUT2D eigenvalue weighted by Crippen LogP contribution is -2.50. The van der Waals surface area contributed by atoms with E-state index in [-0.39, 0.29) is 6.54 Å². The van der Waals surface area contributed by atoms with Crippen LogP contribution in [0.5, 0.6) is 5.88 Å². The summed E-state index contributed by atoms with van der Waals surface area (Å²) in [5.74, 6) is 0.471. The zero-order chi connectivity index (χ0) is 13.7. The minimum absolute atomic E-state index is 0.227. The van der Waals surface area contributed by atoms with Gasteiger partial charge in [0.2, 0.25) is 5.88 Å². The van der Waals surface area contributed by atoms with Gasteiger partial charge in [-0.05, 0) is 11.6 Å². The van der Waals surface area contributed by atoms with E-state index in [0.29, 0.717) is 32.1 Å². The highest BCUT2D eigenvalue weighted by Gasteiger charge is 2.22. The van der Waals surface area contributed by atoms with Gasteiger partial charge in [0.25, 0.3) is 10.2 Å². The molecule has 106 valence electrons. The zero-order valence-electron chi connectivity index (χ0n) is 10.8. The molecule has 1 aliphatic heterocycles. The number of methoxy groups -OCH3 is 1. The zero-order valence-corrected chi connectivity index (χ0v) is 11.6. The maximum atomic E-state index is 12.1. The highest BCUT2D eigenvalue weighted by Crippen LogP contribution is 2.09. The Hall–Kier alpha value is -1.22. The minimum Gasteiger partial charge on any atom is -0.481 e. The molecule has 2 heterocycles. The number of nitrogens with one attached hydrogen (secondary N) is 2. The van der Waals surface area contributed by atoms with Gasteiger partial charge in [-0.1, -0.05) is 0 Å². The molecule has 1 fully saturated rings. The van der Waals surface area contributed by atoms with E-state index in [0.717, 1.165) is 5.56 Å². The van der Waals surface area contributed by atoms with Crippen molar-refractivity contribution in [3.8, 4) is 5.88 Å². The second kappa shape index (κ2) is 6.29. The number of hydrogen-bond donors (Lipinski definition) is 2. The third-order valence-corrected chi connectivity index (χ3v) is 4.44. The van der Waals surface area contributed by atoms with E-state index in [9.17, 15) is 8.42 Å². The molecule has 8 heteroatoms. The Balaban J connectivity index is 1.96. The summed E-state index contributed by atoms with van der Waals surface area (Å²) in [6.07, 6.45) is 1.59. The third kappa shape index (κ3) is 3.87. The SMILES string of the molecule is COc1cc(CNS(=O)(=O)N2CCNCC2)ccn1. The number of aromatic nitrogens is 1. The molecule has 0 aliphatic carbocycles. The normalized spacial score (nSPS) is 17.3. The van der Waals surface area contributed by atoms with E-state index in [1.807, 2.05) is 0 Å². The summed E-state index contributed by atoms with van der Waals surface area (Å²) in [4.78, 5) is 3.97. The van der Waals surface area contributed by atoms with E-state index >= 15 is 0 Å². The monoisotopic (exact) mass is 286 g/mol. The van der Waals surface area contributed by atoms with Crippen LogP contribution in [0.2, 0.25) is 0 Å². The number of ether oxygens (including phenoxy) is 1. The second-order valence-corrected chi connectivity index (χ2v) is 5.94. The fraction of sp³-hybridized carbons (Fsp3) is 0.545. The van der Waals surface area contributed by atoms with Crippen molar-refractivity contribution in [1.29, 1.82) is 0 Å². The molecule has 1 saturated heterocycles. The molecule has 0 saturated carbocycles. The molecular weight excluding hydrogens is 268 g/mol. The first-order valence-corrected chi connectivity index (χ1v) is 7.50. The van der Waals surface area contributed by atoms with E-state index in [4.69, 9.17) is 4.74 Å². The van der Waals surface area contributed by atoms with E-state index in [1.165, 1.54) is 11.4 Å². The molecule has 19 heavy (non-hydrogen) atoms. The first-order valence-electron chi connectivity index (χ1n) is 6.06. The Bertz CT molecular complexity index is 514. The maximum absolute atomic E-state index is 12.1. The molecule has 1 aromatic rings. The van der Waals surface area contributed by atoms with E-state index < -0.39 is 10.2 Å². The molecule has 0 radical (unpaired) electrons. The van der Waals surface area contributed by atoms with Crippen molar-refractivity contribution >= 4 is 10.2 Å². The summed E-state index contributed by atoms with van der Waals surface area (Å²) in [5, 5.41) is 3.12. The van der Waals surface area contributed by atoms with Crippen LogP contribution in [0, 0.1) is 0 Å². The van der Waals surface area contributed by atoms with Gasteiger partial charge in [-0.2, -0.15) is 17.4 Å².